The van der Waals surface area contributed by atoms with Crippen LogP contribution in [0.3, 0.4) is 0 Å². The Kier molecular flexibility index (Phi) is 9.23. The number of esters is 1. The lowest BCUT2D eigenvalue weighted by molar-refractivity contribution is -0.145. The summed E-state index contributed by atoms with van der Waals surface area (Å²) in [6.45, 7) is 1.82. The van der Waals surface area contributed by atoms with Crippen molar-refractivity contribution in [3.05, 3.63) is 174 Å². The van der Waals surface area contributed by atoms with Gasteiger partial charge in [-0.25, -0.2) is 14.8 Å². The molecule has 0 fully saturated rings. The summed E-state index contributed by atoms with van der Waals surface area (Å²) in [6.07, 6.45) is 8.36. The Morgan fingerprint density at radius 1 is 0.475 bits per heavy atom. The molecule has 0 amide bonds. The van der Waals surface area contributed by atoms with Gasteiger partial charge in [0.1, 0.15) is 5.75 Å². The number of nitrogens with zero attached hydrogens (tertiary/aromatic N) is 2. The standard InChI is InChI=1S/C52H38N4O3/c1-2-58-47(57)32-59-46-31-22-33-14-12-13-21-37(33)51(46)52-44-29-27-42(55-44)49(35-17-8-4-9-18-35)40-25-23-38(53-40)48(34-15-6-3-7-16-34)39-24-26-41(54-39)50(36-19-10-5-11-20-36)43-28-30-45(52)56-43/h3-31,53,56H,2,32H2,1H3. The molecule has 0 unspecified atom stereocenters. The molecule has 7 heteroatoms. The van der Waals surface area contributed by atoms with Crippen LogP contribution in [0.25, 0.3) is 102 Å². The summed E-state index contributed by atoms with van der Waals surface area (Å²) >= 11 is 0. The van der Waals surface area contributed by atoms with E-state index in [0.29, 0.717) is 5.75 Å². The van der Waals surface area contributed by atoms with Crippen molar-refractivity contribution in [1.82, 2.24) is 19.9 Å². The summed E-state index contributed by atoms with van der Waals surface area (Å²) in [6, 6.07) is 51.8. The second-order valence-electron chi connectivity index (χ2n) is 14.4. The molecule has 8 bridgehead atoms. The highest BCUT2D eigenvalue weighted by Crippen LogP contribution is 2.43. The van der Waals surface area contributed by atoms with Gasteiger partial charge in [0, 0.05) is 49.9 Å². The first-order valence-electron chi connectivity index (χ1n) is 19.8. The van der Waals surface area contributed by atoms with Crippen LogP contribution < -0.4 is 4.74 Å². The fourth-order valence-electron chi connectivity index (χ4n) is 8.16. The van der Waals surface area contributed by atoms with Crippen molar-refractivity contribution < 1.29 is 14.3 Å². The molecule has 7 nitrogen and oxygen atoms in total. The van der Waals surface area contributed by atoms with E-state index < -0.39 is 5.97 Å². The number of rotatable bonds is 8. The molecule has 2 N–H and O–H groups in total. The smallest absolute Gasteiger partial charge is 0.344 e. The second kappa shape index (κ2) is 15.3. The van der Waals surface area contributed by atoms with Gasteiger partial charge in [0.15, 0.2) is 6.61 Å². The van der Waals surface area contributed by atoms with Gasteiger partial charge in [-0.2, -0.15) is 0 Å². The molecule has 284 valence electrons. The highest BCUT2D eigenvalue weighted by molar-refractivity contribution is 6.07. The van der Waals surface area contributed by atoms with E-state index in [0.717, 1.165) is 100 Å². The predicted octanol–water partition coefficient (Wildman–Crippen LogP) is 12.4. The summed E-state index contributed by atoms with van der Waals surface area (Å²) in [4.78, 5) is 31.2. The first-order chi connectivity index (χ1) is 29.1. The Bertz CT molecular complexity index is 3090. The molecule has 8 aromatic rings. The minimum Gasteiger partial charge on any atom is -0.481 e. The normalized spacial score (nSPS) is 11.9. The lowest BCUT2D eigenvalue weighted by Crippen LogP contribution is -2.15. The van der Waals surface area contributed by atoms with Gasteiger partial charge in [0.2, 0.25) is 0 Å². The Morgan fingerprint density at radius 2 is 0.898 bits per heavy atom. The monoisotopic (exact) mass is 766 g/mol. The van der Waals surface area contributed by atoms with Crippen molar-refractivity contribution in [2.75, 3.05) is 13.2 Å². The lowest BCUT2D eigenvalue weighted by atomic mass is 9.95. The number of hydrogen-bond acceptors (Lipinski definition) is 5. The van der Waals surface area contributed by atoms with Gasteiger partial charge in [-0.1, -0.05) is 121 Å². The molecular formula is C52H38N4O3. The maximum Gasteiger partial charge on any atom is 0.344 e. The Hall–Kier alpha value is -7.77. The van der Waals surface area contributed by atoms with Gasteiger partial charge in [0.25, 0.3) is 0 Å². The molecule has 0 spiro atoms. The molecule has 2 aliphatic rings. The third kappa shape index (κ3) is 6.68. The Labute approximate surface area is 341 Å². The van der Waals surface area contributed by atoms with Crippen LogP contribution in [0.4, 0.5) is 0 Å². The molecule has 0 atom stereocenters. The third-order valence-electron chi connectivity index (χ3n) is 10.7. The van der Waals surface area contributed by atoms with E-state index in [4.69, 9.17) is 19.4 Å². The van der Waals surface area contributed by atoms with Gasteiger partial charge in [0.05, 0.1) is 29.4 Å². The van der Waals surface area contributed by atoms with E-state index in [1.807, 2.05) is 66.7 Å². The van der Waals surface area contributed by atoms with Crippen LogP contribution in [0, 0.1) is 0 Å². The highest BCUT2D eigenvalue weighted by Gasteiger charge is 2.22. The summed E-state index contributed by atoms with van der Waals surface area (Å²) in [7, 11) is 0. The lowest BCUT2D eigenvalue weighted by Gasteiger charge is -2.15. The number of nitrogens with one attached hydrogen (secondary N) is 2. The fraction of sp³-hybridized carbons (Fsp3) is 0.0577. The van der Waals surface area contributed by atoms with Crippen LogP contribution in [0.15, 0.2) is 152 Å². The maximum absolute atomic E-state index is 12.7. The zero-order chi connectivity index (χ0) is 39.7. The highest BCUT2D eigenvalue weighted by atomic mass is 16.6. The molecular weight excluding hydrogens is 729 g/mol. The number of carbonyl (C=O) groups excluding carboxylic acids is 1. The molecule has 10 rings (SSSR count). The first kappa shape index (κ1) is 35.6. The quantitative estimate of drug-likeness (QED) is 0.150. The number of fused-ring (bicyclic) bond motifs is 9. The van der Waals surface area contributed by atoms with E-state index in [1.54, 1.807) is 6.92 Å². The van der Waals surface area contributed by atoms with Crippen LogP contribution >= 0.6 is 0 Å². The molecule has 0 saturated carbocycles. The summed E-state index contributed by atoms with van der Waals surface area (Å²) in [5, 5.41) is 1.98. The van der Waals surface area contributed by atoms with Crippen molar-refractivity contribution in [1.29, 1.82) is 0 Å². The van der Waals surface area contributed by atoms with Gasteiger partial charge < -0.3 is 19.4 Å². The van der Waals surface area contributed by atoms with Crippen molar-refractivity contribution >= 4 is 63.1 Å². The number of aromatic amines is 2. The SMILES string of the molecule is CCOC(=O)COc1ccc2ccccc2c1-c1c2nc(c(-c3ccccc3)c3ccc([nH]3)c(-c3ccccc3)c3nc(c(-c4ccccc4)c4ccc1[nH]4)C=C3)C=C2. The number of hydrogen-bond donors (Lipinski definition) is 2. The van der Waals surface area contributed by atoms with Crippen LogP contribution in [0.2, 0.25) is 0 Å². The average Bonchev–Trinajstić information content (AvgIpc) is 4.13. The zero-order valence-corrected chi connectivity index (χ0v) is 32.3. The van der Waals surface area contributed by atoms with E-state index in [9.17, 15) is 4.79 Å². The van der Waals surface area contributed by atoms with Gasteiger partial charge in [-0.3, -0.25) is 0 Å². The first-order valence-corrected chi connectivity index (χ1v) is 19.8. The number of benzene rings is 5. The van der Waals surface area contributed by atoms with Crippen molar-refractivity contribution in [2.45, 2.75) is 6.92 Å². The van der Waals surface area contributed by atoms with Crippen LogP contribution in [0.1, 0.15) is 29.7 Å². The third-order valence-corrected chi connectivity index (χ3v) is 10.7. The predicted molar refractivity (Wildman–Crippen MR) is 240 cm³/mol. The molecule has 3 aromatic heterocycles. The van der Waals surface area contributed by atoms with Crippen molar-refractivity contribution in [3.63, 3.8) is 0 Å². The summed E-state index contributed by atoms with van der Waals surface area (Å²) in [5.74, 6) is 0.107. The molecule has 2 aliphatic heterocycles. The van der Waals surface area contributed by atoms with E-state index >= 15 is 0 Å². The Balaban J connectivity index is 1.38. The number of aromatic nitrogens is 4. The Morgan fingerprint density at radius 3 is 1.37 bits per heavy atom. The molecule has 59 heavy (non-hydrogen) atoms. The summed E-state index contributed by atoms with van der Waals surface area (Å²) in [5.41, 5.74) is 14.5. The number of H-pyrrole nitrogens is 2. The average molecular weight is 767 g/mol. The molecule has 5 heterocycles. The molecule has 0 saturated heterocycles. The van der Waals surface area contributed by atoms with Crippen LogP contribution in [0.5, 0.6) is 5.75 Å². The van der Waals surface area contributed by atoms with Crippen molar-refractivity contribution in [2.24, 2.45) is 0 Å². The van der Waals surface area contributed by atoms with Crippen molar-refractivity contribution in [3.8, 4) is 50.3 Å². The van der Waals surface area contributed by atoms with Gasteiger partial charge >= 0.3 is 5.97 Å². The van der Waals surface area contributed by atoms with E-state index in [-0.39, 0.29) is 13.2 Å². The van der Waals surface area contributed by atoms with Gasteiger partial charge in [-0.05, 0) is 89.0 Å². The fourth-order valence-corrected chi connectivity index (χ4v) is 8.16. The van der Waals surface area contributed by atoms with E-state index in [2.05, 4.69) is 119 Å². The maximum atomic E-state index is 12.7. The van der Waals surface area contributed by atoms with Crippen LogP contribution in [-0.2, 0) is 9.53 Å². The molecule has 5 aromatic carbocycles. The topological polar surface area (TPSA) is 92.9 Å². The molecule has 0 radical (unpaired) electrons. The van der Waals surface area contributed by atoms with Gasteiger partial charge in [-0.15, -0.1) is 0 Å². The number of ether oxygens (including phenoxy) is 2. The minimum atomic E-state index is -0.436. The van der Waals surface area contributed by atoms with Crippen LogP contribution in [-0.4, -0.2) is 39.1 Å². The number of carbonyl (C=O) groups is 1. The zero-order valence-electron chi connectivity index (χ0n) is 32.3. The van der Waals surface area contributed by atoms with E-state index in [1.165, 1.54) is 0 Å². The second-order valence-corrected chi connectivity index (χ2v) is 14.4. The largest absolute Gasteiger partial charge is 0.481 e. The summed E-state index contributed by atoms with van der Waals surface area (Å²) < 4.78 is 11.6. The minimum absolute atomic E-state index is 0.234. The molecule has 0 aliphatic carbocycles.